The minimum atomic E-state index is -0.494. The summed E-state index contributed by atoms with van der Waals surface area (Å²) in [6.07, 6.45) is 2.32. The third-order valence-corrected chi connectivity index (χ3v) is 4.79. The van der Waals surface area contributed by atoms with Crippen molar-refractivity contribution in [2.24, 2.45) is 0 Å². The van der Waals surface area contributed by atoms with E-state index < -0.39 is 5.82 Å². The van der Waals surface area contributed by atoms with E-state index in [1.807, 2.05) is 0 Å². The van der Waals surface area contributed by atoms with Crippen LogP contribution in [-0.4, -0.2) is 55.6 Å². The van der Waals surface area contributed by atoms with Gasteiger partial charge in [-0.25, -0.2) is 14.4 Å². The van der Waals surface area contributed by atoms with Gasteiger partial charge in [-0.1, -0.05) is 0 Å². The van der Waals surface area contributed by atoms with Crippen LogP contribution in [0.25, 0.3) is 10.9 Å². The summed E-state index contributed by atoms with van der Waals surface area (Å²) < 4.78 is 30.7. The summed E-state index contributed by atoms with van der Waals surface area (Å²) in [7, 11) is 3.23. The molecule has 0 unspecified atom stereocenters. The summed E-state index contributed by atoms with van der Waals surface area (Å²) in [4.78, 5) is 8.54. The molecule has 1 aromatic heterocycles. The smallest absolute Gasteiger partial charge is 0.163 e. The lowest BCUT2D eigenvalue weighted by molar-refractivity contribution is 0.193. The first-order valence-electron chi connectivity index (χ1n) is 9.95. The Kier molecular flexibility index (Phi) is 7.80. The Hall–Kier alpha value is -3.17. The summed E-state index contributed by atoms with van der Waals surface area (Å²) in [6, 6.07) is 6.02. The fourth-order valence-electron chi connectivity index (χ4n) is 3.08. The van der Waals surface area contributed by atoms with Gasteiger partial charge in [0.05, 0.1) is 18.3 Å². The minimum absolute atomic E-state index is 0.00800. The van der Waals surface area contributed by atoms with E-state index in [0.29, 0.717) is 53.5 Å². The third kappa shape index (κ3) is 5.50. The van der Waals surface area contributed by atoms with E-state index >= 15 is 0 Å². The standard InChI is InChI=1S/C22H27FN4O4/c1-14-18(28)6-5-16(23)21(14)27-22-15-11-19(30-3)20(12-17(15)25-13-26-22)31-10-8-24-7-4-9-29-2/h5-6,11-13,24,28H,4,7-10H2,1-3H3,(H,25,26,27). The predicted octanol–water partition coefficient (Wildman–Crippen LogP) is 3.54. The van der Waals surface area contributed by atoms with Crippen LogP contribution in [0.3, 0.4) is 0 Å². The molecule has 0 aliphatic rings. The van der Waals surface area contributed by atoms with Crippen molar-refractivity contribution in [3.05, 3.63) is 42.0 Å². The monoisotopic (exact) mass is 430 g/mol. The van der Waals surface area contributed by atoms with Crippen molar-refractivity contribution in [3.8, 4) is 17.2 Å². The fraction of sp³-hybridized carbons (Fsp3) is 0.364. The molecule has 0 saturated carbocycles. The SMILES string of the molecule is COCCCNCCOc1cc2ncnc(Nc3c(F)ccc(O)c3C)c2cc1OC. The molecule has 31 heavy (non-hydrogen) atoms. The number of fused-ring (bicyclic) bond motifs is 1. The summed E-state index contributed by atoms with van der Waals surface area (Å²) in [6.45, 7) is 4.32. The number of aromatic nitrogens is 2. The number of aromatic hydroxyl groups is 1. The van der Waals surface area contributed by atoms with Crippen LogP contribution in [0.2, 0.25) is 0 Å². The number of nitrogens with zero attached hydrogens (tertiary/aromatic N) is 2. The van der Waals surface area contributed by atoms with Crippen LogP contribution in [0.1, 0.15) is 12.0 Å². The Labute approximate surface area is 180 Å². The van der Waals surface area contributed by atoms with Gasteiger partial charge >= 0.3 is 0 Å². The molecule has 0 atom stereocenters. The van der Waals surface area contributed by atoms with Gasteiger partial charge in [0.2, 0.25) is 0 Å². The molecule has 0 aliphatic carbocycles. The van der Waals surface area contributed by atoms with Crippen LogP contribution < -0.4 is 20.1 Å². The Morgan fingerprint density at radius 2 is 1.90 bits per heavy atom. The number of hydrogen-bond donors (Lipinski definition) is 3. The molecule has 3 rings (SSSR count). The zero-order chi connectivity index (χ0) is 22.2. The molecule has 0 amide bonds. The largest absolute Gasteiger partial charge is 0.508 e. The highest BCUT2D eigenvalue weighted by molar-refractivity contribution is 5.93. The average molecular weight is 430 g/mol. The maximum absolute atomic E-state index is 14.3. The lowest BCUT2D eigenvalue weighted by atomic mass is 10.1. The fourth-order valence-corrected chi connectivity index (χ4v) is 3.08. The topological polar surface area (TPSA) is 97.8 Å². The Morgan fingerprint density at radius 1 is 1.06 bits per heavy atom. The zero-order valence-corrected chi connectivity index (χ0v) is 17.9. The third-order valence-electron chi connectivity index (χ3n) is 4.79. The number of halogens is 1. The molecule has 0 saturated heterocycles. The molecular formula is C22H27FN4O4. The first-order chi connectivity index (χ1) is 15.0. The quantitative estimate of drug-likeness (QED) is 0.398. The number of phenols is 1. The summed E-state index contributed by atoms with van der Waals surface area (Å²) in [5.74, 6) is 0.955. The highest BCUT2D eigenvalue weighted by atomic mass is 19.1. The number of anilines is 2. The average Bonchev–Trinajstić information content (AvgIpc) is 2.78. The highest BCUT2D eigenvalue weighted by Crippen LogP contribution is 2.36. The molecule has 1 heterocycles. The van der Waals surface area contributed by atoms with E-state index in [4.69, 9.17) is 14.2 Å². The van der Waals surface area contributed by atoms with Crippen molar-refractivity contribution in [1.82, 2.24) is 15.3 Å². The van der Waals surface area contributed by atoms with Crippen molar-refractivity contribution >= 4 is 22.4 Å². The van der Waals surface area contributed by atoms with Crippen LogP contribution in [0.5, 0.6) is 17.2 Å². The van der Waals surface area contributed by atoms with E-state index in [1.54, 1.807) is 33.3 Å². The van der Waals surface area contributed by atoms with Crippen LogP contribution in [0, 0.1) is 12.7 Å². The Morgan fingerprint density at radius 3 is 2.68 bits per heavy atom. The number of hydrogen-bond acceptors (Lipinski definition) is 8. The molecule has 0 spiro atoms. The van der Waals surface area contributed by atoms with Gasteiger partial charge in [0.25, 0.3) is 0 Å². The summed E-state index contributed by atoms with van der Waals surface area (Å²) in [5, 5.41) is 16.8. The molecule has 3 N–H and O–H groups in total. The number of phenolic OH excluding ortho intramolecular Hbond substituents is 1. The van der Waals surface area contributed by atoms with Crippen molar-refractivity contribution in [2.45, 2.75) is 13.3 Å². The second-order valence-corrected chi connectivity index (χ2v) is 6.88. The predicted molar refractivity (Wildman–Crippen MR) is 117 cm³/mol. The van der Waals surface area contributed by atoms with Crippen LogP contribution >= 0.6 is 0 Å². The molecule has 9 heteroatoms. The maximum atomic E-state index is 14.3. The summed E-state index contributed by atoms with van der Waals surface area (Å²) in [5.41, 5.74) is 1.15. The number of rotatable bonds is 11. The van der Waals surface area contributed by atoms with Crippen molar-refractivity contribution in [3.63, 3.8) is 0 Å². The van der Waals surface area contributed by atoms with Gasteiger partial charge in [0, 0.05) is 37.3 Å². The summed E-state index contributed by atoms with van der Waals surface area (Å²) >= 11 is 0. The van der Waals surface area contributed by atoms with Gasteiger partial charge in [-0.3, -0.25) is 0 Å². The Balaban J connectivity index is 1.80. The zero-order valence-electron chi connectivity index (χ0n) is 17.9. The van der Waals surface area contributed by atoms with Crippen LogP contribution in [0.15, 0.2) is 30.6 Å². The lowest BCUT2D eigenvalue weighted by Crippen LogP contribution is -2.23. The molecule has 3 aromatic rings. The molecule has 2 aromatic carbocycles. The van der Waals surface area contributed by atoms with E-state index in [2.05, 4.69) is 20.6 Å². The first kappa shape index (κ1) is 22.5. The van der Waals surface area contributed by atoms with Gasteiger partial charge in [-0.2, -0.15) is 0 Å². The van der Waals surface area contributed by atoms with Crippen LogP contribution in [0.4, 0.5) is 15.9 Å². The minimum Gasteiger partial charge on any atom is -0.508 e. The second-order valence-electron chi connectivity index (χ2n) is 6.88. The number of nitrogens with one attached hydrogen (secondary N) is 2. The van der Waals surface area contributed by atoms with Crippen LogP contribution in [-0.2, 0) is 4.74 Å². The van der Waals surface area contributed by atoms with Gasteiger partial charge in [0.1, 0.15) is 30.3 Å². The molecule has 0 radical (unpaired) electrons. The molecule has 8 nitrogen and oxygen atoms in total. The first-order valence-corrected chi connectivity index (χ1v) is 9.95. The number of methoxy groups -OCH3 is 2. The van der Waals surface area contributed by atoms with E-state index in [0.717, 1.165) is 13.0 Å². The molecule has 0 fully saturated rings. The van der Waals surface area contributed by atoms with Crippen molar-refractivity contribution in [1.29, 1.82) is 0 Å². The Bertz CT molecular complexity index is 1030. The van der Waals surface area contributed by atoms with Gasteiger partial charge in [-0.15, -0.1) is 0 Å². The molecule has 166 valence electrons. The van der Waals surface area contributed by atoms with Crippen molar-refractivity contribution < 1.29 is 23.7 Å². The normalized spacial score (nSPS) is 11.0. The molecule has 0 bridgehead atoms. The maximum Gasteiger partial charge on any atom is 0.163 e. The molecule has 0 aliphatic heterocycles. The van der Waals surface area contributed by atoms with Gasteiger partial charge < -0.3 is 30.0 Å². The van der Waals surface area contributed by atoms with Gasteiger partial charge in [-0.05, 0) is 38.1 Å². The number of benzene rings is 2. The lowest BCUT2D eigenvalue weighted by Gasteiger charge is -2.15. The van der Waals surface area contributed by atoms with Crippen molar-refractivity contribution in [2.75, 3.05) is 45.8 Å². The highest BCUT2D eigenvalue weighted by Gasteiger charge is 2.15. The van der Waals surface area contributed by atoms with Gasteiger partial charge in [0.15, 0.2) is 11.5 Å². The molecular weight excluding hydrogens is 403 g/mol. The number of ether oxygens (including phenoxy) is 3. The van der Waals surface area contributed by atoms with E-state index in [9.17, 15) is 9.50 Å². The second kappa shape index (κ2) is 10.7. The van der Waals surface area contributed by atoms with E-state index in [-0.39, 0.29) is 11.4 Å². The van der Waals surface area contributed by atoms with E-state index in [1.165, 1.54) is 18.5 Å².